The van der Waals surface area contributed by atoms with Gasteiger partial charge < -0.3 is 4.74 Å². The third kappa shape index (κ3) is 3.24. The van der Waals surface area contributed by atoms with Gasteiger partial charge in [-0.15, -0.1) is 0 Å². The first-order chi connectivity index (χ1) is 9.05. The number of aryl methyl sites for hydroxylation is 1. The SMILES string of the molecule is COC1(C(=O)Cc2cccc(C)c2)CCCC(C)C1. The van der Waals surface area contributed by atoms with Crippen LogP contribution in [-0.2, 0) is 16.0 Å². The van der Waals surface area contributed by atoms with Crippen LogP contribution < -0.4 is 0 Å². The van der Waals surface area contributed by atoms with Gasteiger partial charge in [-0.2, -0.15) is 0 Å². The number of hydrogen-bond donors (Lipinski definition) is 0. The number of carbonyl (C=O) groups excluding carboxylic acids is 1. The van der Waals surface area contributed by atoms with Crippen molar-refractivity contribution in [2.24, 2.45) is 5.92 Å². The number of rotatable bonds is 4. The summed E-state index contributed by atoms with van der Waals surface area (Å²) in [5.41, 5.74) is 1.76. The summed E-state index contributed by atoms with van der Waals surface area (Å²) in [6.45, 7) is 4.27. The van der Waals surface area contributed by atoms with Gasteiger partial charge in [0, 0.05) is 13.5 Å². The Kier molecular flexibility index (Phi) is 4.41. The molecule has 2 heteroatoms. The van der Waals surface area contributed by atoms with Crippen molar-refractivity contribution in [1.29, 1.82) is 0 Å². The van der Waals surface area contributed by atoms with Crippen molar-refractivity contribution < 1.29 is 9.53 Å². The lowest BCUT2D eigenvalue weighted by molar-refractivity contribution is -0.146. The van der Waals surface area contributed by atoms with Crippen LogP contribution in [0.4, 0.5) is 0 Å². The van der Waals surface area contributed by atoms with Gasteiger partial charge >= 0.3 is 0 Å². The molecule has 0 amide bonds. The van der Waals surface area contributed by atoms with Crippen molar-refractivity contribution in [2.45, 2.75) is 51.6 Å². The molecule has 104 valence electrons. The fraction of sp³-hybridized carbons (Fsp3) is 0.588. The van der Waals surface area contributed by atoms with Gasteiger partial charge in [0.15, 0.2) is 5.78 Å². The van der Waals surface area contributed by atoms with Gasteiger partial charge in [-0.3, -0.25) is 4.79 Å². The molecule has 2 unspecified atom stereocenters. The molecule has 2 rings (SSSR count). The molecule has 1 aromatic rings. The first-order valence-corrected chi connectivity index (χ1v) is 7.20. The molecule has 2 nitrogen and oxygen atoms in total. The summed E-state index contributed by atoms with van der Waals surface area (Å²) in [5.74, 6) is 0.822. The molecule has 0 aromatic heterocycles. The van der Waals surface area contributed by atoms with Gasteiger partial charge in [-0.05, 0) is 37.7 Å². The van der Waals surface area contributed by atoms with Crippen LogP contribution in [0.1, 0.15) is 43.7 Å². The minimum atomic E-state index is -0.540. The van der Waals surface area contributed by atoms with E-state index in [2.05, 4.69) is 26.0 Å². The number of benzene rings is 1. The Hall–Kier alpha value is -1.15. The Bertz CT molecular complexity index is 452. The van der Waals surface area contributed by atoms with Crippen LogP contribution in [0.2, 0.25) is 0 Å². The van der Waals surface area contributed by atoms with Gasteiger partial charge in [-0.1, -0.05) is 43.2 Å². The van der Waals surface area contributed by atoms with E-state index >= 15 is 0 Å². The predicted octanol–water partition coefficient (Wildman–Crippen LogP) is 3.70. The second-order valence-electron chi connectivity index (χ2n) is 5.99. The molecule has 0 aliphatic heterocycles. The summed E-state index contributed by atoms with van der Waals surface area (Å²) in [6.07, 6.45) is 4.53. The van der Waals surface area contributed by atoms with Gasteiger partial charge in [0.05, 0.1) is 0 Å². The number of ether oxygens (including phenoxy) is 1. The highest BCUT2D eigenvalue weighted by Crippen LogP contribution is 2.36. The summed E-state index contributed by atoms with van der Waals surface area (Å²) in [7, 11) is 1.69. The molecular formula is C17H24O2. The molecule has 1 fully saturated rings. The van der Waals surface area contributed by atoms with E-state index in [0.29, 0.717) is 12.3 Å². The Labute approximate surface area is 116 Å². The van der Waals surface area contributed by atoms with Gasteiger partial charge in [-0.25, -0.2) is 0 Å². The largest absolute Gasteiger partial charge is 0.370 e. The van der Waals surface area contributed by atoms with Crippen molar-refractivity contribution in [3.63, 3.8) is 0 Å². The van der Waals surface area contributed by atoms with E-state index in [1.165, 1.54) is 12.0 Å². The standard InChI is InChI=1S/C17H24O2/c1-13-6-4-8-15(10-13)11-16(18)17(19-3)9-5-7-14(2)12-17/h4,6,8,10,14H,5,7,9,11-12H2,1-3H3. The maximum absolute atomic E-state index is 12.7. The van der Waals surface area contributed by atoms with Crippen molar-refractivity contribution in [3.8, 4) is 0 Å². The molecule has 1 aliphatic rings. The zero-order valence-corrected chi connectivity index (χ0v) is 12.2. The smallest absolute Gasteiger partial charge is 0.168 e. The van der Waals surface area contributed by atoms with Crippen LogP contribution in [0.25, 0.3) is 0 Å². The minimum absolute atomic E-state index is 0.243. The van der Waals surface area contributed by atoms with Crippen molar-refractivity contribution in [3.05, 3.63) is 35.4 Å². The molecule has 1 aliphatic carbocycles. The maximum Gasteiger partial charge on any atom is 0.168 e. The molecule has 0 heterocycles. The molecule has 0 radical (unpaired) electrons. The second kappa shape index (κ2) is 5.87. The van der Waals surface area contributed by atoms with E-state index < -0.39 is 5.60 Å². The Balaban J connectivity index is 2.13. The molecular weight excluding hydrogens is 236 g/mol. The normalized spacial score (nSPS) is 27.2. The highest BCUT2D eigenvalue weighted by atomic mass is 16.5. The zero-order valence-electron chi connectivity index (χ0n) is 12.2. The lowest BCUT2D eigenvalue weighted by Gasteiger charge is -2.37. The topological polar surface area (TPSA) is 26.3 Å². The monoisotopic (exact) mass is 260 g/mol. The first-order valence-electron chi connectivity index (χ1n) is 7.20. The molecule has 1 aromatic carbocycles. The fourth-order valence-electron chi connectivity index (χ4n) is 3.22. The molecule has 0 N–H and O–H groups in total. The maximum atomic E-state index is 12.7. The summed E-state index contributed by atoms with van der Waals surface area (Å²) < 4.78 is 5.66. The van der Waals surface area contributed by atoms with Crippen molar-refractivity contribution in [2.75, 3.05) is 7.11 Å². The van der Waals surface area contributed by atoms with Crippen LogP contribution in [0.15, 0.2) is 24.3 Å². The minimum Gasteiger partial charge on any atom is -0.370 e. The number of ketones is 1. The molecule has 0 saturated heterocycles. The van der Waals surface area contributed by atoms with Crippen LogP contribution in [0.5, 0.6) is 0 Å². The third-order valence-corrected chi connectivity index (χ3v) is 4.30. The van der Waals surface area contributed by atoms with Gasteiger partial charge in [0.25, 0.3) is 0 Å². The highest BCUT2D eigenvalue weighted by molar-refractivity contribution is 5.89. The highest BCUT2D eigenvalue weighted by Gasteiger charge is 2.41. The molecule has 2 atom stereocenters. The van der Waals surface area contributed by atoms with Crippen molar-refractivity contribution in [1.82, 2.24) is 0 Å². The fourth-order valence-corrected chi connectivity index (χ4v) is 3.22. The third-order valence-electron chi connectivity index (χ3n) is 4.30. The number of methoxy groups -OCH3 is 1. The van der Waals surface area contributed by atoms with Gasteiger partial charge in [0.2, 0.25) is 0 Å². The molecule has 1 saturated carbocycles. The number of Topliss-reactive ketones (excluding diaryl/α,β-unsaturated/α-hetero) is 1. The lowest BCUT2D eigenvalue weighted by Crippen LogP contribution is -2.45. The van der Waals surface area contributed by atoms with E-state index in [-0.39, 0.29) is 5.78 Å². The quantitative estimate of drug-likeness (QED) is 0.825. The Morgan fingerprint density at radius 3 is 2.89 bits per heavy atom. The average Bonchev–Trinajstić information content (AvgIpc) is 2.38. The van der Waals surface area contributed by atoms with Crippen molar-refractivity contribution >= 4 is 5.78 Å². The Morgan fingerprint density at radius 2 is 2.26 bits per heavy atom. The summed E-state index contributed by atoms with van der Waals surface area (Å²) in [6, 6.07) is 8.19. The summed E-state index contributed by atoms with van der Waals surface area (Å²) >= 11 is 0. The van der Waals surface area contributed by atoms with E-state index in [4.69, 9.17) is 4.74 Å². The Morgan fingerprint density at radius 1 is 1.47 bits per heavy atom. The van der Waals surface area contributed by atoms with E-state index in [9.17, 15) is 4.79 Å². The van der Waals surface area contributed by atoms with Crippen LogP contribution in [0.3, 0.4) is 0 Å². The second-order valence-corrected chi connectivity index (χ2v) is 5.99. The first kappa shape index (κ1) is 14.3. The summed E-state index contributed by atoms with van der Waals surface area (Å²) in [4.78, 5) is 12.7. The van der Waals surface area contributed by atoms with E-state index in [1.807, 2.05) is 12.1 Å². The molecule has 0 bridgehead atoms. The van der Waals surface area contributed by atoms with E-state index in [1.54, 1.807) is 7.11 Å². The molecule has 19 heavy (non-hydrogen) atoms. The van der Waals surface area contributed by atoms with Gasteiger partial charge in [0.1, 0.15) is 5.60 Å². The number of hydrogen-bond acceptors (Lipinski definition) is 2. The summed E-state index contributed by atoms with van der Waals surface area (Å²) in [5, 5.41) is 0. The van der Waals surface area contributed by atoms with Crippen LogP contribution >= 0.6 is 0 Å². The lowest BCUT2D eigenvalue weighted by atomic mass is 9.75. The predicted molar refractivity (Wildman–Crippen MR) is 77.3 cm³/mol. The zero-order chi connectivity index (χ0) is 13.9. The average molecular weight is 260 g/mol. The molecule has 0 spiro atoms. The van der Waals surface area contributed by atoms with Crippen LogP contribution in [-0.4, -0.2) is 18.5 Å². The number of carbonyl (C=O) groups is 1. The van der Waals surface area contributed by atoms with Crippen LogP contribution in [0, 0.1) is 12.8 Å². The van der Waals surface area contributed by atoms with E-state index in [0.717, 1.165) is 24.8 Å².